The Balaban J connectivity index is 1.47. The minimum Gasteiger partial charge on any atom is -0.455 e. The van der Waals surface area contributed by atoms with E-state index >= 15 is 0 Å². The number of aliphatic hydroxyl groups excluding tert-OH is 1. The van der Waals surface area contributed by atoms with Crippen LogP contribution in [0.3, 0.4) is 0 Å². The molecule has 1 aromatic rings. The molecule has 4 rings (SSSR count). The van der Waals surface area contributed by atoms with Crippen molar-refractivity contribution < 1.29 is 33.8 Å². The van der Waals surface area contributed by atoms with Crippen molar-refractivity contribution in [2.24, 2.45) is 45.8 Å². The second-order valence-corrected chi connectivity index (χ2v) is 19.0. The lowest BCUT2D eigenvalue weighted by molar-refractivity contribution is -0.158. The largest absolute Gasteiger partial charge is 0.455 e. The molecule has 8 nitrogen and oxygen atoms in total. The summed E-state index contributed by atoms with van der Waals surface area (Å²) in [6.07, 6.45) is 2.40. The molecular formula is C42H63NO7. The van der Waals surface area contributed by atoms with Crippen molar-refractivity contribution in [2.45, 2.75) is 145 Å². The van der Waals surface area contributed by atoms with Crippen LogP contribution in [0.1, 0.15) is 133 Å². The predicted octanol–water partition coefficient (Wildman–Crippen LogP) is 7.48. The molecular weight excluding hydrogens is 630 g/mol. The van der Waals surface area contributed by atoms with Gasteiger partial charge in [-0.2, -0.15) is 0 Å². The fourth-order valence-corrected chi connectivity index (χ4v) is 8.47. The molecule has 6 atom stereocenters. The third-order valence-corrected chi connectivity index (χ3v) is 11.8. The molecule has 0 spiro atoms. The lowest BCUT2D eigenvalue weighted by atomic mass is 9.74. The van der Waals surface area contributed by atoms with Crippen LogP contribution in [0.4, 0.5) is 0 Å². The number of ketones is 3. The summed E-state index contributed by atoms with van der Waals surface area (Å²) >= 11 is 0. The monoisotopic (exact) mass is 693 g/mol. The average molecular weight is 694 g/mol. The lowest BCUT2D eigenvalue weighted by Crippen LogP contribution is -2.51. The van der Waals surface area contributed by atoms with Gasteiger partial charge in [0.15, 0.2) is 11.6 Å². The molecule has 0 bridgehead atoms. The van der Waals surface area contributed by atoms with E-state index in [4.69, 9.17) is 4.74 Å². The first-order valence-electron chi connectivity index (χ1n) is 18.9. The van der Waals surface area contributed by atoms with Crippen LogP contribution in [0.15, 0.2) is 30.3 Å². The van der Waals surface area contributed by atoms with Crippen LogP contribution in [-0.4, -0.2) is 57.9 Å². The van der Waals surface area contributed by atoms with Crippen LogP contribution in [0, 0.1) is 45.8 Å². The number of Topliss-reactive ketones (excluding diaryl/α,β-unsaturated/α-hetero) is 3. The number of aliphatic hydroxyl groups is 1. The summed E-state index contributed by atoms with van der Waals surface area (Å²) in [5, 5.41) is 11.4. The van der Waals surface area contributed by atoms with Gasteiger partial charge in [0.05, 0.1) is 12.5 Å². The number of rotatable bonds is 16. The molecule has 278 valence electrons. The van der Waals surface area contributed by atoms with E-state index in [1.165, 1.54) is 0 Å². The van der Waals surface area contributed by atoms with Crippen molar-refractivity contribution in [3.05, 3.63) is 35.9 Å². The number of fused-ring (bicyclic) bond motifs is 1. The topological polar surface area (TPSA) is 118 Å². The smallest absolute Gasteiger partial charge is 0.307 e. The van der Waals surface area contributed by atoms with E-state index in [9.17, 15) is 29.1 Å². The second-order valence-electron chi connectivity index (χ2n) is 19.0. The minimum atomic E-state index is -1.39. The minimum absolute atomic E-state index is 0.00443. The first-order chi connectivity index (χ1) is 23.0. The zero-order chi connectivity index (χ0) is 37.4. The van der Waals surface area contributed by atoms with Gasteiger partial charge >= 0.3 is 5.97 Å². The Morgan fingerprint density at radius 2 is 1.54 bits per heavy atom. The maximum absolute atomic E-state index is 14.4. The first kappa shape index (κ1) is 39.9. The number of hydrogen-bond acceptors (Lipinski definition) is 7. The van der Waals surface area contributed by atoms with Crippen molar-refractivity contribution in [1.29, 1.82) is 0 Å². The van der Waals surface area contributed by atoms with Crippen molar-refractivity contribution in [1.82, 2.24) is 4.90 Å². The molecule has 1 N–H and O–H groups in total. The van der Waals surface area contributed by atoms with Crippen molar-refractivity contribution in [3.63, 3.8) is 0 Å². The highest BCUT2D eigenvalue weighted by Crippen LogP contribution is 2.65. The van der Waals surface area contributed by atoms with E-state index in [1.54, 1.807) is 18.7 Å². The highest BCUT2D eigenvalue weighted by Gasteiger charge is 2.69. The fraction of sp³-hybridized carbons (Fsp3) is 0.738. The number of nitrogens with zero attached hydrogens (tertiary/aromatic N) is 1. The van der Waals surface area contributed by atoms with E-state index in [-0.39, 0.29) is 65.8 Å². The molecule has 8 heteroatoms. The Morgan fingerprint density at radius 3 is 2.08 bits per heavy atom. The summed E-state index contributed by atoms with van der Waals surface area (Å²) in [5.74, 6) is -1.84. The van der Waals surface area contributed by atoms with Gasteiger partial charge in [-0.1, -0.05) is 105 Å². The van der Waals surface area contributed by atoms with E-state index in [0.717, 1.165) is 24.8 Å². The normalized spacial score (nSPS) is 23.7. The summed E-state index contributed by atoms with van der Waals surface area (Å²) in [4.78, 5) is 69.8. The van der Waals surface area contributed by atoms with Crippen LogP contribution >= 0.6 is 0 Å². The highest BCUT2D eigenvalue weighted by atomic mass is 16.6. The van der Waals surface area contributed by atoms with Crippen LogP contribution in [-0.2, 0) is 34.3 Å². The van der Waals surface area contributed by atoms with Gasteiger partial charge in [-0.15, -0.1) is 0 Å². The number of carbonyl (C=O) groups excluding carboxylic acids is 5. The Kier molecular flexibility index (Phi) is 12.0. The van der Waals surface area contributed by atoms with Crippen LogP contribution in [0.2, 0.25) is 0 Å². The van der Waals surface area contributed by atoms with Gasteiger partial charge in [-0.05, 0) is 65.7 Å². The molecule has 1 heterocycles. The lowest BCUT2D eigenvalue weighted by Gasteiger charge is -2.38. The van der Waals surface area contributed by atoms with Gasteiger partial charge in [-0.25, -0.2) is 0 Å². The van der Waals surface area contributed by atoms with Gasteiger partial charge in [0.25, 0.3) is 0 Å². The van der Waals surface area contributed by atoms with Crippen molar-refractivity contribution in [2.75, 3.05) is 6.54 Å². The number of hydrogen-bond donors (Lipinski definition) is 1. The van der Waals surface area contributed by atoms with Crippen LogP contribution in [0.25, 0.3) is 0 Å². The average Bonchev–Trinajstić information content (AvgIpc) is 3.29. The first-order valence-corrected chi connectivity index (χ1v) is 18.9. The Labute approximate surface area is 300 Å². The quantitative estimate of drug-likeness (QED) is 0.178. The summed E-state index contributed by atoms with van der Waals surface area (Å²) in [6.45, 7) is 20.3. The van der Waals surface area contributed by atoms with Crippen LogP contribution in [0.5, 0.6) is 0 Å². The number of esters is 1. The number of carbonyl (C=O) groups is 5. The molecule has 1 saturated heterocycles. The molecule has 3 aliphatic rings. The van der Waals surface area contributed by atoms with E-state index < -0.39 is 46.8 Å². The SMILES string of the molecule is CC(C)(C)CC(=O)C[C@H](C(=O)N1C[C@H]2[C@@H]([C@H]1C(=O)CC(CC1CCC1)C(O)C(=O)CCC(=O)OC(C)(C)c1ccccc1)C2(C)C)C(C)(C)C. The van der Waals surface area contributed by atoms with Gasteiger partial charge in [-0.3, -0.25) is 24.0 Å². The standard InChI is InChI=1S/C42H63NO7/c1-39(2,3)24-29(44)23-30(40(4,5)6)38(49)43-25-31-35(41(31,7)8)36(43)33(46)22-27(21-26-15-14-16-26)37(48)32(45)19-20-34(47)50-42(9,10)28-17-12-11-13-18-28/h11-13,17-18,26-27,30-31,35-37,48H,14-16,19-25H2,1-10H3/t27?,30-,31+,35+,36-,37?/m1/s1. The fourth-order valence-electron chi connectivity index (χ4n) is 8.47. The zero-order valence-corrected chi connectivity index (χ0v) is 32.3. The molecule has 2 saturated carbocycles. The third-order valence-electron chi connectivity index (χ3n) is 11.8. The van der Waals surface area contributed by atoms with Gasteiger partial charge in [0.2, 0.25) is 5.91 Å². The third kappa shape index (κ3) is 9.51. The molecule has 0 radical (unpaired) electrons. The van der Waals surface area contributed by atoms with Crippen LogP contribution < -0.4 is 0 Å². The summed E-state index contributed by atoms with van der Waals surface area (Å²) in [7, 11) is 0. The van der Waals surface area contributed by atoms with E-state index in [1.807, 2.05) is 71.9 Å². The van der Waals surface area contributed by atoms with E-state index in [0.29, 0.717) is 25.3 Å². The van der Waals surface area contributed by atoms with Gasteiger partial charge in [0, 0.05) is 38.1 Å². The number of benzene rings is 1. The maximum Gasteiger partial charge on any atom is 0.307 e. The number of likely N-dealkylation sites (tertiary alicyclic amines) is 1. The van der Waals surface area contributed by atoms with Crippen molar-refractivity contribution in [3.8, 4) is 0 Å². The Morgan fingerprint density at radius 1 is 0.920 bits per heavy atom. The number of ether oxygens (including phenoxy) is 1. The van der Waals surface area contributed by atoms with Gasteiger partial charge in [0.1, 0.15) is 17.5 Å². The molecule has 2 aliphatic carbocycles. The Bertz CT molecular complexity index is 1410. The maximum atomic E-state index is 14.4. The summed E-state index contributed by atoms with van der Waals surface area (Å²) in [6, 6.07) is 8.74. The second kappa shape index (κ2) is 15.0. The van der Waals surface area contributed by atoms with Gasteiger partial charge < -0.3 is 14.7 Å². The van der Waals surface area contributed by atoms with Crippen molar-refractivity contribution >= 4 is 29.2 Å². The molecule has 1 aromatic carbocycles. The molecule has 0 aromatic heterocycles. The number of piperidine rings is 1. The summed E-state index contributed by atoms with van der Waals surface area (Å²) < 4.78 is 5.71. The molecule has 2 unspecified atom stereocenters. The predicted molar refractivity (Wildman–Crippen MR) is 194 cm³/mol. The molecule has 1 aliphatic heterocycles. The highest BCUT2D eigenvalue weighted by molar-refractivity contribution is 5.94. The number of amides is 1. The molecule has 3 fully saturated rings. The zero-order valence-electron chi connectivity index (χ0n) is 32.3. The molecule has 1 amide bonds. The molecule has 50 heavy (non-hydrogen) atoms. The Hall–Kier alpha value is -2.87. The van der Waals surface area contributed by atoms with E-state index in [2.05, 4.69) is 13.8 Å². The summed E-state index contributed by atoms with van der Waals surface area (Å²) in [5.41, 5.74) is -0.795.